The van der Waals surface area contributed by atoms with E-state index in [1.165, 1.54) is 12.5 Å². The fourth-order valence-corrected chi connectivity index (χ4v) is 2.78. The summed E-state index contributed by atoms with van der Waals surface area (Å²) in [5.74, 6) is 0.729. The molecule has 0 radical (unpaired) electrons. The van der Waals surface area contributed by atoms with Crippen molar-refractivity contribution in [3.63, 3.8) is 0 Å². The van der Waals surface area contributed by atoms with Gasteiger partial charge in [-0.2, -0.15) is 0 Å². The van der Waals surface area contributed by atoms with E-state index in [1.807, 2.05) is 12.1 Å². The van der Waals surface area contributed by atoms with Crippen molar-refractivity contribution in [3.8, 4) is 5.75 Å². The van der Waals surface area contributed by atoms with Gasteiger partial charge in [0, 0.05) is 6.04 Å². The first-order chi connectivity index (χ1) is 9.03. The first-order valence-corrected chi connectivity index (χ1v) is 7.16. The van der Waals surface area contributed by atoms with E-state index in [-0.39, 0.29) is 11.1 Å². The zero-order chi connectivity index (χ0) is 13.9. The van der Waals surface area contributed by atoms with Crippen LogP contribution in [-0.4, -0.2) is 25.5 Å². The van der Waals surface area contributed by atoms with E-state index in [9.17, 15) is 8.42 Å². The van der Waals surface area contributed by atoms with Crippen LogP contribution in [-0.2, 0) is 10.0 Å². The Morgan fingerprint density at radius 2 is 2.00 bits per heavy atom. The van der Waals surface area contributed by atoms with Gasteiger partial charge in [-0.05, 0) is 24.6 Å². The minimum atomic E-state index is -3.58. The van der Waals surface area contributed by atoms with Crippen molar-refractivity contribution in [1.29, 1.82) is 0 Å². The summed E-state index contributed by atoms with van der Waals surface area (Å²) in [6, 6.07) is 6.86. The summed E-state index contributed by atoms with van der Waals surface area (Å²) < 4.78 is 31.6. The molecule has 2 N–H and O–H groups in total. The number of benzene rings is 1. The van der Waals surface area contributed by atoms with E-state index in [1.54, 1.807) is 26.2 Å². The molecule has 0 aliphatic carbocycles. The summed E-state index contributed by atoms with van der Waals surface area (Å²) in [6.07, 6.45) is 2.59. The maximum absolute atomic E-state index is 12.0. The Bertz CT molecular complexity index is 621. The van der Waals surface area contributed by atoms with E-state index in [0.29, 0.717) is 0 Å². The second-order valence-electron chi connectivity index (χ2n) is 4.03. The standard InChI is InChI=1S/C12H15N3O3S/c1-9(10-3-5-11(18-2)6-4-10)15-19(16,17)12-7-13-8-14-12/h3-9,15H,1-2H3,(H,13,14). The number of aromatic nitrogens is 2. The van der Waals surface area contributed by atoms with E-state index in [2.05, 4.69) is 14.7 Å². The number of ether oxygens (including phenoxy) is 1. The maximum Gasteiger partial charge on any atom is 0.258 e. The molecular weight excluding hydrogens is 266 g/mol. The molecule has 102 valence electrons. The van der Waals surface area contributed by atoms with Crippen molar-refractivity contribution in [1.82, 2.24) is 14.7 Å². The summed E-state index contributed by atoms with van der Waals surface area (Å²) in [5, 5.41) is 0.0489. The average molecular weight is 281 g/mol. The molecule has 6 nitrogen and oxygen atoms in total. The van der Waals surface area contributed by atoms with Crippen LogP contribution in [0, 0.1) is 0 Å². The number of rotatable bonds is 5. The van der Waals surface area contributed by atoms with Crippen LogP contribution in [0.1, 0.15) is 18.5 Å². The molecular formula is C12H15N3O3S. The van der Waals surface area contributed by atoms with Gasteiger partial charge in [0.05, 0.1) is 19.6 Å². The third-order valence-electron chi connectivity index (χ3n) is 2.71. The van der Waals surface area contributed by atoms with Crippen LogP contribution in [0.5, 0.6) is 5.75 Å². The molecule has 0 spiro atoms. The van der Waals surface area contributed by atoms with Gasteiger partial charge in [-0.25, -0.2) is 18.1 Å². The third kappa shape index (κ3) is 3.12. The minimum Gasteiger partial charge on any atom is -0.497 e. The van der Waals surface area contributed by atoms with Crippen molar-refractivity contribution in [3.05, 3.63) is 42.4 Å². The second-order valence-corrected chi connectivity index (χ2v) is 5.71. The summed E-state index contributed by atoms with van der Waals surface area (Å²) in [5.41, 5.74) is 0.851. The van der Waals surface area contributed by atoms with Gasteiger partial charge in [0.25, 0.3) is 10.0 Å². The topological polar surface area (TPSA) is 84.1 Å². The van der Waals surface area contributed by atoms with E-state index < -0.39 is 10.0 Å². The highest BCUT2D eigenvalue weighted by Crippen LogP contribution is 2.19. The number of sulfonamides is 1. The molecule has 0 aliphatic rings. The van der Waals surface area contributed by atoms with Crippen molar-refractivity contribution in [2.24, 2.45) is 0 Å². The predicted molar refractivity (Wildman–Crippen MR) is 70.3 cm³/mol. The number of hydrogen-bond donors (Lipinski definition) is 2. The maximum atomic E-state index is 12.0. The Morgan fingerprint density at radius 1 is 1.32 bits per heavy atom. The van der Waals surface area contributed by atoms with Crippen molar-refractivity contribution >= 4 is 10.0 Å². The number of methoxy groups -OCH3 is 1. The van der Waals surface area contributed by atoms with Crippen molar-refractivity contribution in [2.75, 3.05) is 7.11 Å². The minimum absolute atomic E-state index is 0.0489. The van der Waals surface area contributed by atoms with Crippen molar-refractivity contribution in [2.45, 2.75) is 18.0 Å². The fraction of sp³-hybridized carbons (Fsp3) is 0.250. The molecule has 1 atom stereocenters. The Hall–Kier alpha value is -1.86. The van der Waals surface area contributed by atoms with Crippen LogP contribution in [0.25, 0.3) is 0 Å². The lowest BCUT2D eigenvalue weighted by Crippen LogP contribution is -2.27. The summed E-state index contributed by atoms with van der Waals surface area (Å²) in [7, 11) is -2.00. The molecule has 0 aliphatic heterocycles. The first-order valence-electron chi connectivity index (χ1n) is 5.67. The number of nitrogens with one attached hydrogen (secondary N) is 2. The molecule has 1 aromatic carbocycles. The number of imidazole rings is 1. The van der Waals surface area contributed by atoms with Gasteiger partial charge >= 0.3 is 0 Å². The molecule has 1 unspecified atom stereocenters. The lowest BCUT2D eigenvalue weighted by atomic mass is 10.1. The van der Waals surface area contributed by atoms with E-state index in [0.717, 1.165) is 11.3 Å². The van der Waals surface area contributed by atoms with Crippen LogP contribution in [0.3, 0.4) is 0 Å². The van der Waals surface area contributed by atoms with Crippen LogP contribution in [0.2, 0.25) is 0 Å². The molecule has 0 fully saturated rings. The van der Waals surface area contributed by atoms with Gasteiger partial charge in [0.15, 0.2) is 5.03 Å². The van der Waals surface area contributed by atoms with Gasteiger partial charge in [0.1, 0.15) is 5.75 Å². The lowest BCUT2D eigenvalue weighted by Gasteiger charge is -2.14. The molecule has 2 aromatic rings. The fourth-order valence-electron chi connectivity index (χ4n) is 1.65. The van der Waals surface area contributed by atoms with Crippen LogP contribution >= 0.6 is 0 Å². The molecule has 7 heteroatoms. The highest BCUT2D eigenvalue weighted by molar-refractivity contribution is 7.89. The highest BCUT2D eigenvalue weighted by Gasteiger charge is 2.19. The number of H-pyrrole nitrogens is 1. The van der Waals surface area contributed by atoms with Crippen LogP contribution < -0.4 is 9.46 Å². The monoisotopic (exact) mass is 281 g/mol. The number of hydrogen-bond acceptors (Lipinski definition) is 4. The average Bonchev–Trinajstić information content (AvgIpc) is 2.93. The van der Waals surface area contributed by atoms with E-state index in [4.69, 9.17) is 4.74 Å². The van der Waals surface area contributed by atoms with Gasteiger partial charge in [-0.3, -0.25) is 0 Å². The van der Waals surface area contributed by atoms with Gasteiger partial charge in [-0.1, -0.05) is 12.1 Å². The van der Waals surface area contributed by atoms with Crippen molar-refractivity contribution < 1.29 is 13.2 Å². The van der Waals surface area contributed by atoms with Gasteiger partial charge < -0.3 is 9.72 Å². The Labute approximate surface area is 111 Å². The number of nitrogens with zero attached hydrogens (tertiary/aromatic N) is 1. The highest BCUT2D eigenvalue weighted by atomic mass is 32.2. The molecule has 0 saturated heterocycles. The SMILES string of the molecule is COc1ccc(C(C)NS(=O)(=O)c2cnc[nH]2)cc1. The van der Waals surface area contributed by atoms with Gasteiger partial charge in [-0.15, -0.1) is 0 Å². The normalized spacial score (nSPS) is 13.2. The predicted octanol–water partition coefficient (Wildman–Crippen LogP) is 1.46. The number of aromatic amines is 1. The molecule has 1 aromatic heterocycles. The molecule has 2 rings (SSSR count). The molecule has 0 bridgehead atoms. The second kappa shape index (κ2) is 5.41. The van der Waals surface area contributed by atoms with Crippen LogP contribution in [0.4, 0.5) is 0 Å². The zero-order valence-electron chi connectivity index (χ0n) is 10.6. The first kappa shape index (κ1) is 13.6. The van der Waals surface area contributed by atoms with E-state index >= 15 is 0 Å². The van der Waals surface area contributed by atoms with Crippen LogP contribution in [0.15, 0.2) is 41.8 Å². The smallest absolute Gasteiger partial charge is 0.258 e. The summed E-state index contributed by atoms with van der Waals surface area (Å²) in [4.78, 5) is 6.27. The third-order valence-corrected chi connectivity index (χ3v) is 4.18. The van der Waals surface area contributed by atoms with Gasteiger partial charge in [0.2, 0.25) is 0 Å². The largest absolute Gasteiger partial charge is 0.497 e. The molecule has 19 heavy (non-hydrogen) atoms. The Balaban J connectivity index is 2.14. The lowest BCUT2D eigenvalue weighted by molar-refractivity contribution is 0.414. The molecule has 0 saturated carbocycles. The quantitative estimate of drug-likeness (QED) is 0.869. The molecule has 1 heterocycles. The Kier molecular flexibility index (Phi) is 3.87. The molecule has 0 amide bonds. The Morgan fingerprint density at radius 3 is 2.53 bits per heavy atom. The summed E-state index contributed by atoms with van der Waals surface area (Å²) >= 11 is 0. The summed E-state index contributed by atoms with van der Waals surface area (Å²) in [6.45, 7) is 1.77. The zero-order valence-corrected chi connectivity index (χ0v) is 11.4.